The van der Waals surface area contributed by atoms with Crippen molar-refractivity contribution in [3.05, 3.63) is 64.5 Å². The molecule has 2 aliphatic heterocycles. The minimum Gasteiger partial charge on any atom is -0.488 e. The average Bonchev–Trinajstić information content (AvgIpc) is 3.28. The van der Waals surface area contributed by atoms with Gasteiger partial charge in [0.2, 0.25) is 5.91 Å². The van der Waals surface area contributed by atoms with Gasteiger partial charge in [0.05, 0.1) is 25.3 Å². The number of benzene rings is 2. The fourth-order valence-corrected chi connectivity index (χ4v) is 4.79. The van der Waals surface area contributed by atoms with Gasteiger partial charge in [-0.1, -0.05) is 18.2 Å². The summed E-state index contributed by atoms with van der Waals surface area (Å²) < 4.78 is 26.4. The second-order valence-electron chi connectivity index (χ2n) is 9.60. The van der Waals surface area contributed by atoms with Gasteiger partial charge in [-0.3, -0.25) is 14.4 Å². The van der Waals surface area contributed by atoms with Gasteiger partial charge in [0.15, 0.2) is 12.3 Å². The molecule has 222 valence electrons. The van der Waals surface area contributed by atoms with Crippen LogP contribution in [0.5, 0.6) is 5.75 Å². The number of halogens is 1. The molecule has 0 aromatic heterocycles. The van der Waals surface area contributed by atoms with Gasteiger partial charge in [-0.05, 0) is 18.2 Å². The molecule has 7 N–H and O–H groups in total. The molecule has 1 atom stereocenters. The zero-order chi connectivity index (χ0) is 30.2. The minimum atomic E-state index is -3.82. The van der Waals surface area contributed by atoms with Crippen LogP contribution in [0.2, 0.25) is 0 Å². The molecule has 0 aliphatic carbocycles. The molecule has 2 aromatic carbocycles. The normalized spacial score (nSPS) is 17.3. The van der Waals surface area contributed by atoms with E-state index in [1.807, 2.05) is 0 Å². The van der Waals surface area contributed by atoms with Crippen molar-refractivity contribution in [3.63, 3.8) is 0 Å². The lowest BCUT2D eigenvalue weighted by Crippen LogP contribution is -2.70. The summed E-state index contributed by atoms with van der Waals surface area (Å²) >= 11 is 0. The molecule has 2 aliphatic rings. The van der Waals surface area contributed by atoms with E-state index in [2.05, 4.69) is 5.32 Å². The number of amides is 2. The highest BCUT2D eigenvalue weighted by atomic mass is 19.1. The predicted molar refractivity (Wildman–Crippen MR) is 134 cm³/mol. The highest BCUT2D eigenvalue weighted by Crippen LogP contribution is 2.36. The van der Waals surface area contributed by atoms with Crippen molar-refractivity contribution in [2.45, 2.75) is 36.7 Å². The standard InChI is InChI=1S/C26H30FN3O11/c1-28-22(32)21(25(36,37)24(34,35)14-31)30-12-17-16(23(30)33)5-3-7-19(17)41-13-15-4-2-6-18(20(15)27)26(38,39)29-8-10-40-11-9-29/h2-7,14,21,34-39H,8-13H2,1H3,(H,28,32). The zero-order valence-corrected chi connectivity index (χ0v) is 21.9. The number of likely N-dealkylation sites (N-methyl/N-ethyl adjacent to an activating group) is 1. The number of carbonyl (C=O) groups is 3. The molecule has 2 heterocycles. The quantitative estimate of drug-likeness (QED) is 0.115. The lowest BCUT2D eigenvalue weighted by Gasteiger charge is -2.40. The third-order valence-electron chi connectivity index (χ3n) is 7.12. The Hall–Kier alpha value is -3.54. The van der Waals surface area contributed by atoms with Crippen LogP contribution in [-0.2, 0) is 33.4 Å². The summed E-state index contributed by atoms with van der Waals surface area (Å²) in [4.78, 5) is 38.8. The Kier molecular flexibility index (Phi) is 8.45. The lowest BCUT2D eigenvalue weighted by molar-refractivity contribution is -0.345. The van der Waals surface area contributed by atoms with Crippen LogP contribution in [0, 0.1) is 5.82 Å². The molecule has 1 fully saturated rings. The second kappa shape index (κ2) is 11.4. The summed E-state index contributed by atoms with van der Waals surface area (Å²) in [6.45, 7) is -0.112. The Balaban J connectivity index is 1.60. The molecule has 0 saturated carbocycles. The van der Waals surface area contributed by atoms with E-state index in [1.54, 1.807) is 0 Å². The fourth-order valence-electron chi connectivity index (χ4n) is 4.79. The third-order valence-corrected chi connectivity index (χ3v) is 7.12. The first-order valence-electron chi connectivity index (χ1n) is 12.5. The number of morpholine rings is 1. The lowest BCUT2D eigenvalue weighted by atomic mass is 9.96. The van der Waals surface area contributed by atoms with Gasteiger partial charge in [-0.15, -0.1) is 0 Å². The maximum atomic E-state index is 15.4. The maximum Gasteiger partial charge on any atom is 0.279 e. The van der Waals surface area contributed by atoms with Crippen molar-refractivity contribution in [3.8, 4) is 5.75 Å². The van der Waals surface area contributed by atoms with E-state index >= 15 is 4.39 Å². The summed E-state index contributed by atoms with van der Waals surface area (Å²) in [5, 5.41) is 64.1. The van der Waals surface area contributed by atoms with E-state index in [0.29, 0.717) is 4.90 Å². The van der Waals surface area contributed by atoms with Gasteiger partial charge in [-0.25, -0.2) is 9.29 Å². The number of nitrogens with zero attached hydrogens (tertiary/aromatic N) is 2. The number of ether oxygens (including phenoxy) is 2. The molecule has 15 heteroatoms. The number of fused-ring (bicyclic) bond motifs is 1. The average molecular weight is 580 g/mol. The van der Waals surface area contributed by atoms with Crippen LogP contribution in [-0.4, -0.2) is 110 Å². The monoisotopic (exact) mass is 579 g/mol. The highest BCUT2D eigenvalue weighted by Gasteiger charge is 2.60. The molecule has 1 unspecified atom stereocenters. The molecule has 0 radical (unpaired) electrons. The van der Waals surface area contributed by atoms with Gasteiger partial charge in [0, 0.05) is 36.8 Å². The number of hydrogen-bond acceptors (Lipinski definition) is 12. The Morgan fingerprint density at radius 3 is 2.41 bits per heavy atom. The number of aldehydes is 1. The van der Waals surface area contributed by atoms with E-state index in [9.17, 15) is 45.0 Å². The largest absolute Gasteiger partial charge is 0.488 e. The summed E-state index contributed by atoms with van der Waals surface area (Å²) in [5.41, 5.74) is -0.335. The predicted octanol–water partition coefficient (Wildman–Crippen LogP) is -2.54. The van der Waals surface area contributed by atoms with E-state index in [0.717, 1.165) is 7.05 Å². The number of nitrogens with one attached hydrogen (secondary N) is 1. The number of rotatable bonds is 10. The van der Waals surface area contributed by atoms with Gasteiger partial charge in [0.25, 0.3) is 23.4 Å². The third kappa shape index (κ3) is 5.41. The van der Waals surface area contributed by atoms with Crippen molar-refractivity contribution in [1.29, 1.82) is 0 Å². The first kappa shape index (κ1) is 30.4. The number of carbonyl (C=O) groups excluding carboxylic acids is 3. The summed E-state index contributed by atoms with van der Waals surface area (Å²) in [5.74, 6) is -13.3. The maximum absolute atomic E-state index is 15.4. The van der Waals surface area contributed by atoms with Crippen LogP contribution in [0.1, 0.15) is 27.0 Å². The first-order chi connectivity index (χ1) is 19.3. The fraction of sp³-hybridized carbons (Fsp3) is 0.423. The summed E-state index contributed by atoms with van der Waals surface area (Å²) in [7, 11) is 1.10. The van der Waals surface area contributed by atoms with Crippen molar-refractivity contribution < 1.29 is 58.9 Å². The summed E-state index contributed by atoms with van der Waals surface area (Å²) in [6.07, 6.45) is -0.597. The Morgan fingerprint density at radius 2 is 1.78 bits per heavy atom. The summed E-state index contributed by atoms with van der Waals surface area (Å²) in [6, 6.07) is 5.85. The van der Waals surface area contributed by atoms with E-state index in [-0.39, 0.29) is 48.7 Å². The van der Waals surface area contributed by atoms with Gasteiger partial charge in [0.1, 0.15) is 18.2 Å². The van der Waals surface area contributed by atoms with Crippen LogP contribution < -0.4 is 10.1 Å². The second-order valence-corrected chi connectivity index (χ2v) is 9.60. The zero-order valence-electron chi connectivity index (χ0n) is 21.9. The minimum absolute atomic E-state index is 0.0361. The smallest absolute Gasteiger partial charge is 0.279 e. The molecule has 2 aromatic rings. The topological polar surface area (TPSA) is 210 Å². The first-order valence-corrected chi connectivity index (χ1v) is 12.5. The van der Waals surface area contributed by atoms with Crippen molar-refractivity contribution in [2.24, 2.45) is 0 Å². The molecule has 0 bridgehead atoms. The van der Waals surface area contributed by atoms with Crippen LogP contribution in [0.4, 0.5) is 4.39 Å². The van der Waals surface area contributed by atoms with Gasteiger partial charge >= 0.3 is 0 Å². The molecule has 14 nitrogen and oxygen atoms in total. The molecule has 2 amide bonds. The Morgan fingerprint density at radius 1 is 1.12 bits per heavy atom. The molecule has 1 saturated heterocycles. The molecular formula is C26H30FN3O11. The Labute approximate surface area is 232 Å². The van der Waals surface area contributed by atoms with E-state index < -0.39 is 66.2 Å². The number of aliphatic hydroxyl groups is 6. The highest BCUT2D eigenvalue weighted by molar-refractivity contribution is 6.02. The molecule has 41 heavy (non-hydrogen) atoms. The molecule has 4 rings (SSSR count). The van der Waals surface area contributed by atoms with Gasteiger partial charge in [-0.2, -0.15) is 0 Å². The van der Waals surface area contributed by atoms with Crippen LogP contribution in [0.25, 0.3) is 0 Å². The Bertz CT molecular complexity index is 1330. The van der Waals surface area contributed by atoms with Crippen LogP contribution >= 0.6 is 0 Å². The van der Waals surface area contributed by atoms with Crippen LogP contribution in [0.3, 0.4) is 0 Å². The van der Waals surface area contributed by atoms with E-state index in [1.165, 1.54) is 41.3 Å². The van der Waals surface area contributed by atoms with Crippen molar-refractivity contribution in [2.75, 3.05) is 33.4 Å². The SMILES string of the molecule is CNC(=O)C(N1Cc2c(OCc3cccc(C(O)(O)N4CCOCC4)c3F)cccc2C1=O)C(O)(O)C(O)(O)C=O. The van der Waals surface area contributed by atoms with Crippen molar-refractivity contribution >= 4 is 18.1 Å². The van der Waals surface area contributed by atoms with Crippen LogP contribution in [0.15, 0.2) is 36.4 Å². The van der Waals surface area contributed by atoms with Gasteiger partial charge < -0.3 is 50.3 Å². The van der Waals surface area contributed by atoms with E-state index in [4.69, 9.17) is 9.47 Å². The molecular weight excluding hydrogens is 549 g/mol. The number of hydrogen-bond donors (Lipinski definition) is 7. The van der Waals surface area contributed by atoms with Crippen molar-refractivity contribution in [1.82, 2.24) is 15.1 Å². The molecule has 0 spiro atoms.